The van der Waals surface area contributed by atoms with Crippen molar-refractivity contribution in [2.24, 2.45) is 0 Å². The van der Waals surface area contributed by atoms with Gasteiger partial charge in [-0.3, -0.25) is 9.59 Å². The molecule has 0 fully saturated rings. The first-order chi connectivity index (χ1) is 15.8. The Morgan fingerprint density at radius 2 is 1.85 bits per heavy atom. The van der Waals surface area contributed by atoms with Crippen LogP contribution in [0.2, 0.25) is 0 Å². The predicted molar refractivity (Wildman–Crippen MR) is 118 cm³/mol. The van der Waals surface area contributed by atoms with Crippen LogP contribution in [0.3, 0.4) is 0 Å². The molecule has 0 aliphatic carbocycles. The van der Waals surface area contributed by atoms with Gasteiger partial charge in [0.05, 0.1) is 12.2 Å². The van der Waals surface area contributed by atoms with Crippen LogP contribution in [0.25, 0.3) is 10.9 Å². The monoisotopic (exact) mass is 456 g/mol. The first-order valence-electron chi connectivity index (χ1n) is 10.4. The summed E-state index contributed by atoms with van der Waals surface area (Å²) in [5.41, 5.74) is 1.49. The van der Waals surface area contributed by atoms with Gasteiger partial charge in [0, 0.05) is 36.7 Å². The fraction of sp³-hybridized carbons (Fsp3) is 0.280. The Bertz CT molecular complexity index is 1190. The highest BCUT2D eigenvalue weighted by Crippen LogP contribution is 2.28. The summed E-state index contributed by atoms with van der Waals surface area (Å²) >= 11 is 0. The van der Waals surface area contributed by atoms with Gasteiger partial charge >= 0.3 is 12.1 Å². The number of hydrogen-bond acceptors (Lipinski definition) is 3. The molecule has 5 nitrogen and oxygen atoms in total. The maximum absolute atomic E-state index is 12.6. The fourth-order valence-corrected chi connectivity index (χ4v) is 3.20. The highest BCUT2D eigenvalue weighted by molar-refractivity contribution is 5.83. The predicted octanol–water partition coefficient (Wildman–Crippen LogP) is 4.67. The molecule has 0 saturated carbocycles. The van der Waals surface area contributed by atoms with E-state index in [9.17, 15) is 22.8 Å². The first-order valence-corrected chi connectivity index (χ1v) is 10.4. The standard InChI is InChI=1S/C25H23F3N2O3/c1-2-33-24(32)17-30-14-13-20-10-7-19(15-22(20)30)16-29-23(31)6-4-3-5-18-8-11-21(12-9-18)25(26,27)28/h7-15H,2,4,6,16-17H2,1H3,(H,29,31). The topological polar surface area (TPSA) is 60.3 Å². The minimum atomic E-state index is -4.38. The average Bonchev–Trinajstić information content (AvgIpc) is 3.17. The number of alkyl halides is 3. The van der Waals surface area contributed by atoms with Gasteiger partial charge < -0.3 is 14.6 Å². The van der Waals surface area contributed by atoms with E-state index in [2.05, 4.69) is 17.2 Å². The third kappa shape index (κ3) is 6.88. The number of carbonyl (C=O) groups is 2. The van der Waals surface area contributed by atoms with E-state index in [1.54, 1.807) is 11.5 Å². The molecule has 33 heavy (non-hydrogen) atoms. The first kappa shape index (κ1) is 23.9. The molecule has 0 unspecified atom stereocenters. The van der Waals surface area contributed by atoms with Gasteiger partial charge in [0.2, 0.25) is 5.91 Å². The largest absolute Gasteiger partial charge is 0.465 e. The number of amides is 1. The van der Waals surface area contributed by atoms with E-state index in [0.29, 0.717) is 18.7 Å². The van der Waals surface area contributed by atoms with Crippen LogP contribution in [-0.4, -0.2) is 23.1 Å². The lowest BCUT2D eigenvalue weighted by Crippen LogP contribution is -2.22. The fourth-order valence-electron chi connectivity index (χ4n) is 3.20. The van der Waals surface area contributed by atoms with Crippen LogP contribution >= 0.6 is 0 Å². The molecule has 0 bridgehead atoms. The van der Waals surface area contributed by atoms with Gasteiger partial charge in [-0.1, -0.05) is 24.0 Å². The Morgan fingerprint density at radius 3 is 2.55 bits per heavy atom. The van der Waals surface area contributed by atoms with Crippen molar-refractivity contribution in [1.29, 1.82) is 0 Å². The zero-order valence-electron chi connectivity index (χ0n) is 18.0. The lowest BCUT2D eigenvalue weighted by molar-refractivity contribution is -0.143. The van der Waals surface area contributed by atoms with E-state index in [1.165, 1.54) is 12.1 Å². The normalized spacial score (nSPS) is 11.0. The van der Waals surface area contributed by atoms with Crippen LogP contribution in [0, 0.1) is 11.8 Å². The van der Waals surface area contributed by atoms with E-state index in [1.807, 2.05) is 30.5 Å². The Morgan fingerprint density at radius 1 is 1.09 bits per heavy atom. The van der Waals surface area contributed by atoms with E-state index < -0.39 is 11.7 Å². The SMILES string of the molecule is CCOC(=O)Cn1ccc2ccc(CNC(=O)CCC#Cc3ccc(C(F)(F)F)cc3)cc21. The van der Waals surface area contributed by atoms with Crippen LogP contribution in [0.4, 0.5) is 13.2 Å². The molecule has 0 aliphatic heterocycles. The number of nitrogens with one attached hydrogen (secondary N) is 1. The lowest BCUT2D eigenvalue weighted by Gasteiger charge is -2.08. The number of esters is 1. The van der Waals surface area contributed by atoms with Gasteiger partial charge in [-0.2, -0.15) is 13.2 Å². The van der Waals surface area contributed by atoms with Crippen molar-refractivity contribution in [2.75, 3.05) is 6.61 Å². The Balaban J connectivity index is 1.50. The maximum atomic E-state index is 12.6. The quantitative estimate of drug-likeness (QED) is 0.415. The molecule has 1 amide bonds. The zero-order valence-corrected chi connectivity index (χ0v) is 18.0. The molecule has 8 heteroatoms. The van der Waals surface area contributed by atoms with Crippen molar-refractivity contribution in [1.82, 2.24) is 9.88 Å². The second-order valence-electron chi connectivity index (χ2n) is 7.30. The van der Waals surface area contributed by atoms with Crippen molar-refractivity contribution < 1.29 is 27.5 Å². The van der Waals surface area contributed by atoms with Crippen LogP contribution in [0.5, 0.6) is 0 Å². The van der Waals surface area contributed by atoms with E-state index in [-0.39, 0.29) is 31.3 Å². The number of hydrogen-bond donors (Lipinski definition) is 1. The molecule has 0 aliphatic rings. The summed E-state index contributed by atoms with van der Waals surface area (Å²) < 4.78 is 44.5. The average molecular weight is 456 g/mol. The van der Waals surface area contributed by atoms with Crippen LogP contribution < -0.4 is 5.32 Å². The van der Waals surface area contributed by atoms with Gasteiger partial charge in [-0.05, 0) is 54.3 Å². The van der Waals surface area contributed by atoms with E-state index in [4.69, 9.17) is 4.74 Å². The number of aromatic nitrogens is 1. The second kappa shape index (κ2) is 10.7. The summed E-state index contributed by atoms with van der Waals surface area (Å²) in [6.45, 7) is 2.52. The van der Waals surface area contributed by atoms with Crippen molar-refractivity contribution >= 4 is 22.8 Å². The molecule has 0 atom stereocenters. The number of fused-ring (bicyclic) bond motifs is 1. The third-order valence-corrected chi connectivity index (χ3v) is 4.85. The molecule has 172 valence electrons. The van der Waals surface area contributed by atoms with Crippen LogP contribution in [0.1, 0.15) is 36.5 Å². The summed E-state index contributed by atoms with van der Waals surface area (Å²) in [5.74, 6) is 5.07. The summed E-state index contributed by atoms with van der Waals surface area (Å²) in [7, 11) is 0. The van der Waals surface area contributed by atoms with E-state index in [0.717, 1.165) is 28.6 Å². The minimum absolute atomic E-state index is 0.116. The minimum Gasteiger partial charge on any atom is -0.465 e. The van der Waals surface area contributed by atoms with Crippen LogP contribution in [0.15, 0.2) is 54.7 Å². The molecule has 1 aromatic heterocycles. The van der Waals surface area contributed by atoms with Crippen molar-refractivity contribution in [2.45, 2.75) is 39.0 Å². The zero-order chi connectivity index (χ0) is 23.8. The number of ether oxygens (including phenoxy) is 1. The molecule has 0 saturated heterocycles. The summed E-state index contributed by atoms with van der Waals surface area (Å²) in [4.78, 5) is 23.9. The molecule has 3 rings (SSSR count). The molecular weight excluding hydrogens is 433 g/mol. The Labute approximate surface area is 189 Å². The summed E-state index contributed by atoms with van der Waals surface area (Å²) in [6.07, 6.45) is -2.10. The van der Waals surface area contributed by atoms with E-state index >= 15 is 0 Å². The number of benzene rings is 2. The third-order valence-electron chi connectivity index (χ3n) is 4.85. The second-order valence-corrected chi connectivity index (χ2v) is 7.30. The number of carbonyl (C=O) groups excluding carboxylic acids is 2. The van der Waals surface area contributed by atoms with Crippen molar-refractivity contribution in [3.8, 4) is 11.8 Å². The molecule has 0 spiro atoms. The lowest BCUT2D eigenvalue weighted by atomic mass is 10.1. The Hall–Kier alpha value is -3.73. The maximum Gasteiger partial charge on any atom is 0.416 e. The molecule has 2 aromatic carbocycles. The van der Waals surface area contributed by atoms with Gasteiger partial charge in [-0.15, -0.1) is 0 Å². The number of halogens is 3. The molecule has 0 radical (unpaired) electrons. The van der Waals surface area contributed by atoms with Crippen molar-refractivity contribution in [3.05, 3.63) is 71.4 Å². The van der Waals surface area contributed by atoms with Gasteiger partial charge in [0.15, 0.2) is 0 Å². The smallest absolute Gasteiger partial charge is 0.416 e. The number of rotatable bonds is 7. The highest BCUT2D eigenvalue weighted by Gasteiger charge is 2.29. The van der Waals surface area contributed by atoms with Gasteiger partial charge in [0.1, 0.15) is 6.54 Å². The summed E-state index contributed by atoms with van der Waals surface area (Å²) in [6, 6.07) is 12.2. The molecule has 3 aromatic rings. The molecular formula is C25H23F3N2O3. The highest BCUT2D eigenvalue weighted by atomic mass is 19.4. The van der Waals surface area contributed by atoms with Crippen molar-refractivity contribution in [3.63, 3.8) is 0 Å². The molecule has 1 heterocycles. The summed E-state index contributed by atoms with van der Waals surface area (Å²) in [5, 5.41) is 3.81. The number of nitrogens with zero attached hydrogens (tertiary/aromatic N) is 1. The van der Waals surface area contributed by atoms with Gasteiger partial charge in [-0.25, -0.2) is 0 Å². The van der Waals surface area contributed by atoms with Crippen LogP contribution in [-0.2, 0) is 33.6 Å². The Kier molecular flexibility index (Phi) is 7.78. The molecule has 1 N–H and O–H groups in total. The van der Waals surface area contributed by atoms with Gasteiger partial charge in [0.25, 0.3) is 0 Å².